The van der Waals surface area contributed by atoms with Crippen LogP contribution in [0.25, 0.3) is 0 Å². The van der Waals surface area contributed by atoms with E-state index in [1.165, 1.54) is 11.6 Å². The van der Waals surface area contributed by atoms with Gasteiger partial charge in [0.1, 0.15) is 18.4 Å². The molecule has 1 N–H and O–H groups in total. The van der Waals surface area contributed by atoms with Gasteiger partial charge in [0.2, 0.25) is 11.8 Å². The molecule has 0 aromatic heterocycles. The minimum atomic E-state index is -2.26. The molecule has 5 rings (SSSR count). The van der Waals surface area contributed by atoms with Crippen molar-refractivity contribution in [1.29, 1.82) is 0 Å². The quantitative estimate of drug-likeness (QED) is 0.675. The summed E-state index contributed by atoms with van der Waals surface area (Å²) in [7, 11) is 0. The largest absolute Gasteiger partial charge is 0.489 e. The molecule has 2 fully saturated rings. The summed E-state index contributed by atoms with van der Waals surface area (Å²) in [6.07, 6.45) is 0.133. The van der Waals surface area contributed by atoms with Crippen LogP contribution < -0.4 is 10.1 Å². The van der Waals surface area contributed by atoms with Crippen LogP contribution in [-0.4, -0.2) is 59.9 Å². The maximum atomic E-state index is 13.1. The third kappa shape index (κ3) is 4.62. The molecule has 0 bridgehead atoms. The summed E-state index contributed by atoms with van der Waals surface area (Å²) in [5.41, 5.74) is 2.38. The lowest BCUT2D eigenvalue weighted by atomic mass is 10.0. The lowest BCUT2D eigenvalue weighted by molar-refractivity contribution is -0.136. The molecule has 1 atom stereocenters. The van der Waals surface area contributed by atoms with E-state index in [-0.39, 0.29) is 36.3 Å². The van der Waals surface area contributed by atoms with Crippen LogP contribution in [0.5, 0.6) is 5.75 Å². The van der Waals surface area contributed by atoms with Crippen molar-refractivity contribution in [3.63, 3.8) is 0 Å². The number of amides is 3. The highest BCUT2D eigenvalue weighted by Gasteiger charge is 2.40. The zero-order chi connectivity index (χ0) is 24.6. The van der Waals surface area contributed by atoms with Crippen LogP contribution in [0.4, 0.5) is 0 Å². The second-order valence-electron chi connectivity index (χ2n) is 8.43. The van der Waals surface area contributed by atoms with Gasteiger partial charge in [-0.15, -0.1) is 0 Å². The third-order valence-corrected chi connectivity index (χ3v) is 6.16. The summed E-state index contributed by atoms with van der Waals surface area (Å²) in [6, 6.07) is 11.8. The first-order valence-corrected chi connectivity index (χ1v) is 11.2. The van der Waals surface area contributed by atoms with Crippen molar-refractivity contribution in [3.8, 4) is 5.75 Å². The van der Waals surface area contributed by atoms with E-state index in [2.05, 4.69) is 22.3 Å². The number of carbonyl (C=O) groups is 3. The number of morpholine rings is 1. The zero-order valence-corrected chi connectivity index (χ0v) is 18.2. The number of benzene rings is 2. The van der Waals surface area contributed by atoms with Crippen LogP contribution in [-0.2, 0) is 34.0 Å². The molecule has 3 amide bonds. The number of ether oxygens (including phenoxy) is 2. The first kappa shape index (κ1) is 19.3. The normalized spacial score (nSPS) is 23.6. The number of fused-ring (bicyclic) bond motifs is 1. The van der Waals surface area contributed by atoms with Gasteiger partial charge in [0.15, 0.2) is 0 Å². The minimum absolute atomic E-state index is 0.0531. The van der Waals surface area contributed by atoms with Gasteiger partial charge >= 0.3 is 0 Å². The van der Waals surface area contributed by atoms with E-state index in [1.807, 2.05) is 12.1 Å². The number of hydrogen-bond donors (Lipinski definition) is 1. The van der Waals surface area contributed by atoms with Crippen molar-refractivity contribution in [2.45, 2.75) is 38.5 Å². The molecular weight excluding hydrogens is 422 g/mol. The number of nitrogens with one attached hydrogen (secondary N) is 1. The van der Waals surface area contributed by atoms with Gasteiger partial charge in [0, 0.05) is 37.2 Å². The molecule has 3 heterocycles. The highest BCUT2D eigenvalue weighted by Crippen LogP contribution is 2.34. The minimum Gasteiger partial charge on any atom is -0.489 e. The Kier molecular flexibility index (Phi) is 5.44. The van der Waals surface area contributed by atoms with Crippen LogP contribution >= 0.6 is 0 Å². The molecule has 8 nitrogen and oxygen atoms in total. The van der Waals surface area contributed by atoms with Crippen LogP contribution in [0.2, 0.25) is 0 Å². The summed E-state index contributed by atoms with van der Waals surface area (Å²) in [4.78, 5) is 40.3. The molecule has 8 heteroatoms. The van der Waals surface area contributed by atoms with E-state index < -0.39 is 30.3 Å². The SMILES string of the molecule is [2H]C1([2H])c2c(OCc3ccc(CN4CCOCC4)cc3)cccc2C(=O)N1C1CCC(=O)NC1=O. The zero-order valence-electron chi connectivity index (χ0n) is 20.2. The topological polar surface area (TPSA) is 88.2 Å². The molecule has 0 radical (unpaired) electrons. The van der Waals surface area contributed by atoms with Crippen LogP contribution in [0.1, 0.15) is 42.6 Å². The van der Waals surface area contributed by atoms with Crippen molar-refractivity contribution in [2.24, 2.45) is 0 Å². The predicted molar refractivity (Wildman–Crippen MR) is 119 cm³/mol. The van der Waals surface area contributed by atoms with E-state index >= 15 is 0 Å². The highest BCUT2D eigenvalue weighted by molar-refractivity contribution is 6.05. The molecule has 0 spiro atoms. The van der Waals surface area contributed by atoms with Crippen LogP contribution in [0, 0.1) is 0 Å². The third-order valence-electron chi connectivity index (χ3n) is 6.16. The smallest absolute Gasteiger partial charge is 0.255 e. The molecule has 3 aliphatic rings. The van der Waals surface area contributed by atoms with Crippen molar-refractivity contribution in [3.05, 3.63) is 64.7 Å². The Morgan fingerprint density at radius 1 is 1.06 bits per heavy atom. The Bertz CT molecular complexity index is 1150. The maximum Gasteiger partial charge on any atom is 0.255 e. The Labute approximate surface area is 195 Å². The number of nitrogens with zero attached hydrogens (tertiary/aromatic N) is 2. The monoisotopic (exact) mass is 451 g/mol. The highest BCUT2D eigenvalue weighted by atomic mass is 16.5. The number of carbonyl (C=O) groups excluding carboxylic acids is 3. The molecule has 3 aliphatic heterocycles. The van der Waals surface area contributed by atoms with Crippen LogP contribution in [0.15, 0.2) is 42.5 Å². The molecule has 1 unspecified atom stereocenters. The lowest BCUT2D eigenvalue weighted by Crippen LogP contribution is -2.52. The summed E-state index contributed by atoms with van der Waals surface area (Å²) < 4.78 is 28.8. The molecule has 33 heavy (non-hydrogen) atoms. The number of imide groups is 1. The van der Waals surface area contributed by atoms with Gasteiger partial charge in [0.05, 0.1) is 22.5 Å². The van der Waals surface area contributed by atoms with E-state index in [0.717, 1.165) is 43.3 Å². The fourth-order valence-electron chi connectivity index (χ4n) is 4.31. The van der Waals surface area contributed by atoms with Gasteiger partial charge in [0.25, 0.3) is 5.91 Å². The predicted octanol–water partition coefficient (Wildman–Crippen LogP) is 1.86. The van der Waals surface area contributed by atoms with Crippen molar-refractivity contribution in [1.82, 2.24) is 15.1 Å². The Hall–Kier alpha value is -3.23. The van der Waals surface area contributed by atoms with Crippen molar-refractivity contribution >= 4 is 17.7 Å². The lowest BCUT2D eigenvalue weighted by Gasteiger charge is -2.29. The second-order valence-corrected chi connectivity index (χ2v) is 8.43. The van der Waals surface area contributed by atoms with Gasteiger partial charge in [-0.25, -0.2) is 0 Å². The molecular formula is C25H27N3O5. The Morgan fingerprint density at radius 3 is 2.58 bits per heavy atom. The molecule has 0 aliphatic carbocycles. The number of rotatable bonds is 6. The standard InChI is InChI=1S/C25H27N3O5/c29-23-9-8-21(24(30)26-23)28-15-20-19(25(28)31)2-1-3-22(20)33-16-18-6-4-17(5-7-18)14-27-10-12-32-13-11-27/h1-7,21H,8-16H2,(H,26,29,30)/i15D2. The Morgan fingerprint density at radius 2 is 1.82 bits per heavy atom. The van der Waals surface area contributed by atoms with E-state index in [4.69, 9.17) is 12.2 Å². The molecule has 172 valence electrons. The first-order chi connectivity index (χ1) is 16.8. The molecule has 2 saturated heterocycles. The average Bonchev–Trinajstić information content (AvgIpc) is 3.05. The Balaban J connectivity index is 1.31. The summed E-state index contributed by atoms with van der Waals surface area (Å²) >= 11 is 0. The fraction of sp³-hybridized carbons (Fsp3) is 0.400. The van der Waals surface area contributed by atoms with Gasteiger partial charge in [-0.1, -0.05) is 30.3 Å². The first-order valence-electron chi connectivity index (χ1n) is 12.2. The van der Waals surface area contributed by atoms with Crippen LogP contribution in [0.3, 0.4) is 0 Å². The van der Waals surface area contributed by atoms with Crippen molar-refractivity contribution in [2.75, 3.05) is 26.3 Å². The van der Waals surface area contributed by atoms with Gasteiger partial charge in [-0.05, 0) is 29.7 Å². The van der Waals surface area contributed by atoms with Gasteiger partial charge in [-0.3, -0.25) is 24.6 Å². The average molecular weight is 452 g/mol. The number of hydrogen-bond acceptors (Lipinski definition) is 6. The summed E-state index contributed by atoms with van der Waals surface area (Å²) in [6.45, 7) is 2.15. The fourth-order valence-corrected chi connectivity index (χ4v) is 4.31. The second kappa shape index (κ2) is 9.33. The molecule has 2 aromatic rings. The van der Waals surface area contributed by atoms with Crippen molar-refractivity contribution < 1.29 is 26.6 Å². The molecule has 2 aromatic carbocycles. The number of piperidine rings is 1. The van der Waals surface area contributed by atoms with Gasteiger partial charge < -0.3 is 14.4 Å². The molecule has 0 saturated carbocycles. The summed E-state index contributed by atoms with van der Waals surface area (Å²) in [5, 5.41) is 2.20. The summed E-state index contributed by atoms with van der Waals surface area (Å²) in [5.74, 6) is -1.41. The van der Waals surface area contributed by atoms with E-state index in [0.29, 0.717) is 0 Å². The van der Waals surface area contributed by atoms with E-state index in [1.54, 1.807) is 12.1 Å². The van der Waals surface area contributed by atoms with E-state index in [9.17, 15) is 14.4 Å². The van der Waals surface area contributed by atoms with Gasteiger partial charge in [-0.2, -0.15) is 0 Å². The maximum absolute atomic E-state index is 13.1.